The number of hydrogen-bond donors (Lipinski definition) is 1. The van der Waals surface area contributed by atoms with E-state index in [1.165, 1.54) is 0 Å². The molecule has 0 aliphatic heterocycles. The van der Waals surface area contributed by atoms with Gasteiger partial charge in [0.1, 0.15) is 5.60 Å². The Morgan fingerprint density at radius 1 is 1.29 bits per heavy atom. The molecule has 1 amide bonds. The van der Waals surface area contributed by atoms with Gasteiger partial charge in [0, 0.05) is 11.0 Å². The Morgan fingerprint density at radius 3 is 2.12 bits per heavy atom. The van der Waals surface area contributed by atoms with Crippen LogP contribution in [0.3, 0.4) is 0 Å². The molecule has 0 radical (unpaired) electrons. The summed E-state index contributed by atoms with van der Waals surface area (Å²) in [5.74, 6) is 0. The van der Waals surface area contributed by atoms with Crippen LogP contribution in [-0.2, 0) is 4.74 Å². The van der Waals surface area contributed by atoms with Gasteiger partial charge in [-0.15, -0.1) is 0 Å². The van der Waals surface area contributed by atoms with Crippen LogP contribution in [0.25, 0.3) is 0 Å². The van der Waals surface area contributed by atoms with Gasteiger partial charge in [-0.1, -0.05) is 34.1 Å². The van der Waals surface area contributed by atoms with Gasteiger partial charge in [0.2, 0.25) is 0 Å². The van der Waals surface area contributed by atoms with E-state index in [4.69, 9.17) is 4.74 Å². The van der Waals surface area contributed by atoms with Crippen LogP contribution in [0.2, 0.25) is 0 Å². The number of ether oxygens (including phenoxy) is 1. The second-order valence-electron chi connectivity index (χ2n) is 4.33. The predicted molar refractivity (Wildman–Crippen MR) is 74.1 cm³/mol. The van der Waals surface area contributed by atoms with Crippen LogP contribution in [0.5, 0.6) is 0 Å². The SMILES string of the molecule is Brc1ccccc1.CCNC(=O)OC(C)(C)C. The molecule has 0 atom stereocenters. The first-order valence-electron chi connectivity index (χ1n) is 5.52. The summed E-state index contributed by atoms with van der Waals surface area (Å²) in [6.45, 7) is 7.96. The molecule has 17 heavy (non-hydrogen) atoms. The largest absolute Gasteiger partial charge is 0.444 e. The lowest BCUT2D eigenvalue weighted by Crippen LogP contribution is -2.32. The van der Waals surface area contributed by atoms with Gasteiger partial charge in [-0.05, 0) is 39.8 Å². The Kier molecular flexibility index (Phi) is 7.63. The second kappa shape index (κ2) is 8.12. The zero-order chi connectivity index (χ0) is 13.3. The standard InChI is InChI=1S/C7H15NO2.C6H5Br/c1-5-8-6(9)10-7(2,3)4;7-6-4-2-1-3-5-6/h5H2,1-4H3,(H,8,9);1-5H. The summed E-state index contributed by atoms with van der Waals surface area (Å²) in [6.07, 6.45) is -0.352. The number of alkyl carbamates (subject to hydrolysis) is 1. The van der Waals surface area contributed by atoms with Gasteiger partial charge in [0.05, 0.1) is 0 Å². The Hall–Kier alpha value is -1.03. The average Bonchev–Trinajstić information content (AvgIpc) is 2.17. The number of nitrogens with one attached hydrogen (secondary N) is 1. The molecule has 4 heteroatoms. The molecule has 1 aromatic carbocycles. The quantitative estimate of drug-likeness (QED) is 0.852. The fourth-order valence-corrected chi connectivity index (χ4v) is 1.18. The molecular formula is C13H20BrNO2. The van der Waals surface area contributed by atoms with Gasteiger partial charge < -0.3 is 10.1 Å². The maximum absolute atomic E-state index is 10.7. The van der Waals surface area contributed by atoms with E-state index >= 15 is 0 Å². The van der Waals surface area contributed by atoms with Crippen LogP contribution >= 0.6 is 15.9 Å². The minimum Gasteiger partial charge on any atom is -0.444 e. The molecule has 1 rings (SSSR count). The minimum absolute atomic E-state index is 0.352. The lowest BCUT2D eigenvalue weighted by molar-refractivity contribution is 0.0531. The number of benzene rings is 1. The van der Waals surface area contributed by atoms with Crippen molar-refractivity contribution in [1.29, 1.82) is 0 Å². The van der Waals surface area contributed by atoms with E-state index in [1.807, 2.05) is 58.0 Å². The maximum Gasteiger partial charge on any atom is 0.407 e. The lowest BCUT2D eigenvalue weighted by Gasteiger charge is -2.19. The molecule has 0 aliphatic rings. The lowest BCUT2D eigenvalue weighted by atomic mass is 10.2. The Labute approximate surface area is 112 Å². The van der Waals surface area contributed by atoms with Crippen molar-refractivity contribution >= 4 is 22.0 Å². The molecule has 0 aromatic heterocycles. The molecule has 3 nitrogen and oxygen atoms in total. The molecule has 0 unspecified atom stereocenters. The fraction of sp³-hybridized carbons (Fsp3) is 0.462. The normalized spacial score (nSPS) is 9.94. The van der Waals surface area contributed by atoms with Crippen molar-refractivity contribution in [3.05, 3.63) is 34.8 Å². The number of halogens is 1. The van der Waals surface area contributed by atoms with Crippen molar-refractivity contribution in [2.24, 2.45) is 0 Å². The second-order valence-corrected chi connectivity index (χ2v) is 5.24. The van der Waals surface area contributed by atoms with Crippen LogP contribution in [0.15, 0.2) is 34.8 Å². The molecule has 96 valence electrons. The summed E-state index contributed by atoms with van der Waals surface area (Å²) in [7, 11) is 0. The summed E-state index contributed by atoms with van der Waals surface area (Å²) < 4.78 is 6.06. The summed E-state index contributed by atoms with van der Waals surface area (Å²) in [4.78, 5) is 10.7. The van der Waals surface area contributed by atoms with E-state index in [0.29, 0.717) is 6.54 Å². The van der Waals surface area contributed by atoms with E-state index < -0.39 is 0 Å². The first-order valence-corrected chi connectivity index (χ1v) is 6.32. The zero-order valence-electron chi connectivity index (χ0n) is 10.8. The van der Waals surface area contributed by atoms with E-state index in [-0.39, 0.29) is 11.7 Å². The van der Waals surface area contributed by atoms with Crippen molar-refractivity contribution < 1.29 is 9.53 Å². The highest BCUT2D eigenvalue weighted by atomic mass is 79.9. The van der Waals surface area contributed by atoms with Crippen molar-refractivity contribution in [1.82, 2.24) is 5.32 Å². The van der Waals surface area contributed by atoms with Gasteiger partial charge >= 0.3 is 6.09 Å². The number of hydrogen-bond acceptors (Lipinski definition) is 2. The van der Waals surface area contributed by atoms with Gasteiger partial charge in [-0.3, -0.25) is 0 Å². The number of carbonyl (C=O) groups excluding carboxylic acids is 1. The fourth-order valence-electron chi connectivity index (χ4n) is 0.873. The molecule has 0 bridgehead atoms. The molecule has 1 aromatic rings. The smallest absolute Gasteiger partial charge is 0.407 e. The van der Waals surface area contributed by atoms with E-state index in [9.17, 15) is 4.79 Å². The third-order valence-corrected chi connectivity index (χ3v) is 1.98. The third kappa shape index (κ3) is 11.2. The summed E-state index contributed by atoms with van der Waals surface area (Å²) in [5, 5.41) is 2.54. The molecule has 0 aliphatic carbocycles. The van der Waals surface area contributed by atoms with E-state index in [1.54, 1.807) is 0 Å². The highest BCUT2D eigenvalue weighted by molar-refractivity contribution is 9.10. The average molecular weight is 302 g/mol. The van der Waals surface area contributed by atoms with Gasteiger partial charge in [-0.25, -0.2) is 4.79 Å². The first-order chi connectivity index (χ1) is 7.85. The van der Waals surface area contributed by atoms with Gasteiger partial charge in [0.25, 0.3) is 0 Å². The highest BCUT2D eigenvalue weighted by Crippen LogP contribution is 2.06. The number of carbonyl (C=O) groups is 1. The molecule has 0 saturated heterocycles. The summed E-state index contributed by atoms with van der Waals surface area (Å²) in [5.41, 5.74) is -0.390. The Bertz CT molecular complexity index is 320. The Balaban J connectivity index is 0.000000318. The van der Waals surface area contributed by atoms with Crippen LogP contribution in [0.1, 0.15) is 27.7 Å². The van der Waals surface area contributed by atoms with Crippen molar-refractivity contribution in [2.45, 2.75) is 33.3 Å². The topological polar surface area (TPSA) is 38.3 Å². The summed E-state index contributed by atoms with van der Waals surface area (Å²) in [6, 6.07) is 9.97. The molecule has 0 fully saturated rings. The number of amides is 1. The van der Waals surface area contributed by atoms with Crippen molar-refractivity contribution in [3.8, 4) is 0 Å². The van der Waals surface area contributed by atoms with E-state index in [2.05, 4.69) is 21.2 Å². The van der Waals surface area contributed by atoms with Crippen LogP contribution in [-0.4, -0.2) is 18.2 Å². The molecule has 0 spiro atoms. The zero-order valence-corrected chi connectivity index (χ0v) is 12.4. The minimum atomic E-state index is -0.390. The molecular weight excluding hydrogens is 282 g/mol. The van der Waals surface area contributed by atoms with Crippen LogP contribution in [0, 0.1) is 0 Å². The number of rotatable bonds is 1. The Morgan fingerprint density at radius 2 is 1.82 bits per heavy atom. The van der Waals surface area contributed by atoms with Crippen molar-refractivity contribution in [2.75, 3.05) is 6.54 Å². The monoisotopic (exact) mass is 301 g/mol. The predicted octanol–water partition coefficient (Wildman–Crippen LogP) is 3.98. The third-order valence-electron chi connectivity index (χ3n) is 1.45. The van der Waals surface area contributed by atoms with Crippen molar-refractivity contribution in [3.63, 3.8) is 0 Å². The van der Waals surface area contributed by atoms with Gasteiger partial charge in [-0.2, -0.15) is 0 Å². The molecule has 1 N–H and O–H groups in total. The highest BCUT2D eigenvalue weighted by Gasteiger charge is 2.14. The maximum atomic E-state index is 10.7. The van der Waals surface area contributed by atoms with Crippen LogP contribution < -0.4 is 5.32 Å². The molecule has 0 heterocycles. The first kappa shape index (κ1) is 16.0. The van der Waals surface area contributed by atoms with Gasteiger partial charge in [0.15, 0.2) is 0 Å². The summed E-state index contributed by atoms with van der Waals surface area (Å²) >= 11 is 3.31. The molecule has 0 saturated carbocycles. The van der Waals surface area contributed by atoms with E-state index in [0.717, 1.165) is 4.47 Å². The van der Waals surface area contributed by atoms with Crippen LogP contribution in [0.4, 0.5) is 4.79 Å².